The number of nitrogens with one attached hydrogen (secondary N) is 1. The molecule has 0 spiro atoms. The van der Waals surface area contributed by atoms with E-state index in [0.29, 0.717) is 4.88 Å². The summed E-state index contributed by atoms with van der Waals surface area (Å²) >= 11 is 4.54. The van der Waals surface area contributed by atoms with Crippen LogP contribution < -0.4 is 5.32 Å². The third-order valence-electron chi connectivity index (χ3n) is 2.96. The van der Waals surface area contributed by atoms with E-state index in [9.17, 15) is 13.2 Å². The van der Waals surface area contributed by atoms with Crippen molar-refractivity contribution in [3.05, 3.63) is 45.1 Å². The molecule has 1 amide bonds. The number of anilines is 1. The number of nitrogens with zero attached hydrogens (tertiary/aromatic N) is 2. The number of benzene rings is 1. The van der Waals surface area contributed by atoms with Crippen LogP contribution in [0.2, 0.25) is 0 Å². The summed E-state index contributed by atoms with van der Waals surface area (Å²) in [5.74, 6) is -0.379. The van der Waals surface area contributed by atoms with Crippen LogP contribution in [-0.4, -0.2) is 30.8 Å². The van der Waals surface area contributed by atoms with Crippen LogP contribution in [0.15, 0.2) is 49.5 Å². The minimum atomic E-state index is -3.45. The van der Waals surface area contributed by atoms with Crippen molar-refractivity contribution in [2.24, 2.45) is 0 Å². The minimum absolute atomic E-state index is 0.0127. The van der Waals surface area contributed by atoms with Gasteiger partial charge in [-0.2, -0.15) is 0 Å². The van der Waals surface area contributed by atoms with Crippen LogP contribution in [0, 0.1) is 0 Å². The summed E-state index contributed by atoms with van der Waals surface area (Å²) in [5.41, 5.74) is 0.284. The lowest BCUT2D eigenvalue weighted by atomic mass is 10.2. The van der Waals surface area contributed by atoms with Crippen LogP contribution >= 0.6 is 27.3 Å². The topological polar surface area (TPSA) is 102 Å². The largest absolute Gasteiger partial charge is 0.403 e. The lowest BCUT2D eigenvalue weighted by Gasteiger charge is -2.03. The summed E-state index contributed by atoms with van der Waals surface area (Å²) in [4.78, 5) is 12.6. The highest BCUT2D eigenvalue weighted by atomic mass is 79.9. The third kappa shape index (κ3) is 3.55. The summed E-state index contributed by atoms with van der Waals surface area (Å²) < 4.78 is 29.9. The molecule has 1 N–H and O–H groups in total. The zero-order valence-corrected chi connectivity index (χ0v) is 15.4. The Balaban J connectivity index is 1.88. The quantitative estimate of drug-likeness (QED) is 0.685. The second-order valence-corrected chi connectivity index (χ2v) is 9.19. The highest BCUT2D eigenvalue weighted by Gasteiger charge is 2.19. The van der Waals surface area contributed by atoms with Crippen molar-refractivity contribution in [1.82, 2.24) is 10.2 Å². The van der Waals surface area contributed by atoms with Gasteiger partial charge in [0.15, 0.2) is 9.84 Å². The minimum Gasteiger partial charge on any atom is -0.403 e. The Morgan fingerprint density at radius 2 is 1.96 bits per heavy atom. The maximum atomic E-state index is 12.1. The van der Waals surface area contributed by atoms with Crippen molar-refractivity contribution in [2.75, 3.05) is 11.6 Å². The lowest BCUT2D eigenvalue weighted by molar-refractivity contribution is 0.102. The SMILES string of the molecule is CS(=O)(=O)c1ccccc1-c1nnc(NC(=O)c2ccc(Br)s2)o1. The maximum Gasteiger partial charge on any atom is 0.322 e. The highest BCUT2D eigenvalue weighted by Crippen LogP contribution is 2.28. The second kappa shape index (κ2) is 6.46. The fourth-order valence-electron chi connectivity index (χ4n) is 1.94. The number of hydrogen-bond acceptors (Lipinski definition) is 7. The second-order valence-electron chi connectivity index (χ2n) is 4.74. The van der Waals surface area contributed by atoms with Crippen LogP contribution in [0.3, 0.4) is 0 Å². The number of aromatic nitrogens is 2. The standard InChI is InChI=1S/C14H10BrN3O4S2/c1-24(20,21)10-5-3-2-4-8(10)13-17-18-14(22-13)16-12(19)9-6-7-11(15)23-9/h2-7H,1H3,(H,16,18,19). The number of rotatable bonds is 4. The number of thiophene rings is 1. The van der Waals surface area contributed by atoms with Gasteiger partial charge in [-0.3, -0.25) is 10.1 Å². The molecule has 0 bridgehead atoms. The summed E-state index contributed by atoms with van der Waals surface area (Å²) in [7, 11) is -3.45. The van der Waals surface area contributed by atoms with Crippen LogP contribution in [0.4, 0.5) is 6.01 Å². The molecule has 0 saturated heterocycles. The summed E-state index contributed by atoms with van der Waals surface area (Å²) in [5, 5.41) is 10.0. The van der Waals surface area contributed by atoms with E-state index in [-0.39, 0.29) is 22.4 Å². The summed E-state index contributed by atoms with van der Waals surface area (Å²) in [6.07, 6.45) is 1.10. The molecule has 0 atom stereocenters. The first-order valence-corrected chi connectivity index (χ1v) is 10.0. The lowest BCUT2D eigenvalue weighted by Crippen LogP contribution is -2.10. The molecule has 1 aromatic carbocycles. The van der Waals surface area contributed by atoms with Crippen molar-refractivity contribution >= 4 is 49.0 Å². The molecule has 0 radical (unpaired) electrons. The van der Waals surface area contributed by atoms with E-state index in [2.05, 4.69) is 31.4 Å². The zero-order valence-electron chi connectivity index (χ0n) is 12.2. The van der Waals surface area contributed by atoms with Crippen LogP contribution in [0.5, 0.6) is 0 Å². The van der Waals surface area contributed by atoms with Crippen molar-refractivity contribution < 1.29 is 17.6 Å². The highest BCUT2D eigenvalue weighted by molar-refractivity contribution is 9.11. The maximum absolute atomic E-state index is 12.1. The molecule has 2 aromatic heterocycles. The fourth-order valence-corrected chi connectivity index (χ4v) is 4.11. The molecular weight excluding hydrogens is 418 g/mol. The first kappa shape index (κ1) is 16.8. The van der Waals surface area contributed by atoms with Gasteiger partial charge in [0.2, 0.25) is 0 Å². The van der Waals surface area contributed by atoms with E-state index in [0.717, 1.165) is 10.0 Å². The monoisotopic (exact) mass is 427 g/mol. The van der Waals surface area contributed by atoms with Gasteiger partial charge in [-0.25, -0.2) is 8.42 Å². The molecule has 3 rings (SSSR count). The molecule has 0 fully saturated rings. The van der Waals surface area contributed by atoms with Crippen molar-refractivity contribution in [3.63, 3.8) is 0 Å². The van der Waals surface area contributed by atoms with Crippen LogP contribution in [0.1, 0.15) is 9.67 Å². The van der Waals surface area contributed by atoms with Gasteiger partial charge in [0, 0.05) is 6.26 Å². The van der Waals surface area contributed by atoms with Gasteiger partial charge in [-0.1, -0.05) is 17.2 Å². The predicted molar refractivity (Wildman–Crippen MR) is 92.8 cm³/mol. The smallest absolute Gasteiger partial charge is 0.322 e. The van der Waals surface area contributed by atoms with Gasteiger partial charge in [-0.15, -0.1) is 16.4 Å². The molecular formula is C14H10BrN3O4S2. The Bertz CT molecular complexity index is 1010. The first-order chi connectivity index (χ1) is 11.3. The number of hydrogen-bond donors (Lipinski definition) is 1. The van der Waals surface area contributed by atoms with Crippen LogP contribution in [0.25, 0.3) is 11.5 Å². The zero-order chi connectivity index (χ0) is 17.3. The van der Waals surface area contributed by atoms with E-state index in [4.69, 9.17) is 4.42 Å². The van der Waals surface area contributed by atoms with E-state index in [1.807, 2.05) is 0 Å². The molecule has 0 unspecified atom stereocenters. The van der Waals surface area contributed by atoms with Gasteiger partial charge in [0.05, 0.1) is 19.1 Å². The molecule has 0 aliphatic heterocycles. The van der Waals surface area contributed by atoms with E-state index in [1.165, 1.54) is 17.4 Å². The van der Waals surface area contributed by atoms with E-state index in [1.54, 1.807) is 30.3 Å². The Kier molecular flexibility index (Phi) is 4.52. The molecule has 24 heavy (non-hydrogen) atoms. The molecule has 2 heterocycles. The Hall–Kier alpha value is -2.04. The number of carbonyl (C=O) groups excluding carboxylic acids is 1. The van der Waals surface area contributed by atoms with Gasteiger partial charge in [0.25, 0.3) is 11.8 Å². The normalized spacial score (nSPS) is 11.4. The molecule has 3 aromatic rings. The molecule has 0 saturated carbocycles. The third-order valence-corrected chi connectivity index (χ3v) is 5.74. The van der Waals surface area contributed by atoms with E-state index < -0.39 is 15.7 Å². The van der Waals surface area contributed by atoms with Crippen molar-refractivity contribution in [1.29, 1.82) is 0 Å². The number of halogens is 1. The molecule has 0 aliphatic rings. The predicted octanol–water partition coefficient (Wildman–Crippen LogP) is 3.22. The molecule has 10 heteroatoms. The molecule has 0 aliphatic carbocycles. The number of amides is 1. The average molecular weight is 428 g/mol. The van der Waals surface area contributed by atoms with Crippen molar-refractivity contribution in [3.8, 4) is 11.5 Å². The van der Waals surface area contributed by atoms with Crippen LogP contribution in [-0.2, 0) is 9.84 Å². The van der Waals surface area contributed by atoms with Gasteiger partial charge < -0.3 is 4.42 Å². The Labute approximate surface area is 149 Å². The van der Waals surface area contributed by atoms with Gasteiger partial charge >= 0.3 is 6.01 Å². The summed E-state index contributed by atoms with van der Waals surface area (Å²) in [6.45, 7) is 0. The fraction of sp³-hybridized carbons (Fsp3) is 0.0714. The van der Waals surface area contributed by atoms with E-state index >= 15 is 0 Å². The van der Waals surface area contributed by atoms with Gasteiger partial charge in [0.1, 0.15) is 0 Å². The first-order valence-electron chi connectivity index (χ1n) is 6.54. The molecule has 7 nitrogen and oxygen atoms in total. The number of sulfone groups is 1. The molecule has 124 valence electrons. The average Bonchev–Trinajstić information content (AvgIpc) is 3.15. The van der Waals surface area contributed by atoms with Gasteiger partial charge in [-0.05, 0) is 40.2 Å². The summed E-state index contributed by atoms with van der Waals surface area (Å²) in [6, 6.07) is 9.58. The Morgan fingerprint density at radius 3 is 2.62 bits per heavy atom. The number of carbonyl (C=O) groups is 1. The van der Waals surface area contributed by atoms with Crippen molar-refractivity contribution in [2.45, 2.75) is 4.90 Å². The Morgan fingerprint density at radius 1 is 1.21 bits per heavy atom.